The lowest BCUT2D eigenvalue weighted by molar-refractivity contribution is 0.312. The minimum Gasteiger partial charge on any atom is -0.373 e. The van der Waals surface area contributed by atoms with Crippen molar-refractivity contribution in [3.8, 4) is 0 Å². The highest BCUT2D eigenvalue weighted by Crippen LogP contribution is 2.40. The van der Waals surface area contributed by atoms with Crippen molar-refractivity contribution >= 4 is 11.6 Å². The Kier molecular flexibility index (Phi) is 3.31. The Hall–Kier alpha value is -1.36. The van der Waals surface area contributed by atoms with Crippen molar-refractivity contribution in [2.24, 2.45) is 0 Å². The maximum Gasteiger partial charge on any atom is 0.137 e. The summed E-state index contributed by atoms with van der Waals surface area (Å²) >= 11 is 0. The number of nitrogens with one attached hydrogen (secondary N) is 1. The van der Waals surface area contributed by atoms with Gasteiger partial charge < -0.3 is 15.1 Å². The van der Waals surface area contributed by atoms with Crippen molar-refractivity contribution in [1.82, 2.24) is 14.9 Å². The van der Waals surface area contributed by atoms with Crippen molar-refractivity contribution < 1.29 is 0 Å². The van der Waals surface area contributed by atoms with E-state index >= 15 is 0 Å². The third-order valence-electron chi connectivity index (χ3n) is 4.12. The minimum atomic E-state index is 0.596. The SMILES string of the molecule is CNc1nc(C2CC2)nc(N2CCN(C)CC2)c1C. The predicted octanol–water partition coefficient (Wildman–Crippen LogP) is 1.46. The van der Waals surface area contributed by atoms with E-state index in [9.17, 15) is 0 Å². The lowest BCUT2D eigenvalue weighted by Crippen LogP contribution is -2.45. The molecule has 1 N–H and O–H groups in total. The molecule has 2 fully saturated rings. The van der Waals surface area contributed by atoms with E-state index < -0.39 is 0 Å². The molecule has 1 aliphatic heterocycles. The molecule has 1 aromatic heterocycles. The highest BCUT2D eigenvalue weighted by molar-refractivity contribution is 5.59. The highest BCUT2D eigenvalue weighted by atomic mass is 15.3. The van der Waals surface area contributed by atoms with Crippen LogP contribution in [0.5, 0.6) is 0 Å². The molecule has 1 aromatic rings. The summed E-state index contributed by atoms with van der Waals surface area (Å²) in [7, 11) is 4.12. The quantitative estimate of drug-likeness (QED) is 0.892. The average molecular weight is 261 g/mol. The van der Waals surface area contributed by atoms with Gasteiger partial charge in [0, 0.05) is 44.7 Å². The number of hydrogen-bond acceptors (Lipinski definition) is 5. The van der Waals surface area contributed by atoms with Gasteiger partial charge in [0.2, 0.25) is 0 Å². The van der Waals surface area contributed by atoms with Gasteiger partial charge in [0.25, 0.3) is 0 Å². The predicted molar refractivity (Wildman–Crippen MR) is 78.0 cm³/mol. The number of anilines is 2. The van der Waals surface area contributed by atoms with Gasteiger partial charge in [-0.15, -0.1) is 0 Å². The van der Waals surface area contributed by atoms with Crippen LogP contribution in [0, 0.1) is 6.92 Å². The molecule has 1 saturated heterocycles. The second-order valence-electron chi connectivity index (χ2n) is 5.69. The Labute approximate surface area is 115 Å². The van der Waals surface area contributed by atoms with Crippen LogP contribution in [-0.4, -0.2) is 55.1 Å². The Morgan fingerprint density at radius 3 is 2.37 bits per heavy atom. The zero-order valence-corrected chi connectivity index (χ0v) is 12.1. The van der Waals surface area contributed by atoms with Crippen molar-refractivity contribution in [3.05, 3.63) is 11.4 Å². The standard InChI is InChI=1S/C14H23N5/c1-10-12(15-2)16-13(11-4-5-11)17-14(10)19-8-6-18(3)7-9-19/h11H,4-9H2,1-3H3,(H,15,16,17). The van der Waals surface area contributed by atoms with E-state index in [0.717, 1.165) is 43.6 Å². The molecule has 104 valence electrons. The largest absolute Gasteiger partial charge is 0.373 e. The number of rotatable bonds is 3. The van der Waals surface area contributed by atoms with Gasteiger partial charge >= 0.3 is 0 Å². The smallest absolute Gasteiger partial charge is 0.137 e. The number of aromatic nitrogens is 2. The summed E-state index contributed by atoms with van der Waals surface area (Å²) in [6, 6.07) is 0. The number of likely N-dealkylation sites (N-methyl/N-ethyl adjacent to an activating group) is 1. The monoisotopic (exact) mass is 261 g/mol. The second-order valence-corrected chi connectivity index (χ2v) is 5.69. The van der Waals surface area contributed by atoms with Crippen LogP contribution < -0.4 is 10.2 Å². The molecule has 2 heterocycles. The van der Waals surface area contributed by atoms with Gasteiger partial charge in [0.05, 0.1) is 0 Å². The molecule has 5 heteroatoms. The zero-order valence-electron chi connectivity index (χ0n) is 12.1. The maximum atomic E-state index is 4.85. The normalized spacial score (nSPS) is 20.7. The molecule has 5 nitrogen and oxygen atoms in total. The Bertz CT molecular complexity index is 461. The molecule has 0 spiro atoms. The van der Waals surface area contributed by atoms with E-state index in [1.54, 1.807) is 0 Å². The van der Waals surface area contributed by atoms with Crippen LogP contribution in [0.2, 0.25) is 0 Å². The average Bonchev–Trinajstić information content (AvgIpc) is 3.25. The van der Waals surface area contributed by atoms with Gasteiger partial charge in [0.15, 0.2) is 0 Å². The fraction of sp³-hybridized carbons (Fsp3) is 0.714. The molecule has 0 atom stereocenters. The Balaban J connectivity index is 1.92. The number of nitrogens with zero attached hydrogens (tertiary/aromatic N) is 4. The van der Waals surface area contributed by atoms with Crippen LogP contribution in [0.15, 0.2) is 0 Å². The van der Waals surface area contributed by atoms with Crippen LogP contribution in [0.25, 0.3) is 0 Å². The summed E-state index contributed by atoms with van der Waals surface area (Å²) < 4.78 is 0. The van der Waals surface area contributed by atoms with E-state index in [1.807, 2.05) is 7.05 Å². The fourth-order valence-electron chi connectivity index (χ4n) is 2.62. The topological polar surface area (TPSA) is 44.3 Å². The number of piperazine rings is 1. The second kappa shape index (κ2) is 4.96. The summed E-state index contributed by atoms with van der Waals surface area (Å²) in [5.41, 5.74) is 1.18. The molecule has 0 radical (unpaired) electrons. The van der Waals surface area contributed by atoms with Gasteiger partial charge in [-0.3, -0.25) is 0 Å². The van der Waals surface area contributed by atoms with E-state index in [-0.39, 0.29) is 0 Å². The fourth-order valence-corrected chi connectivity index (χ4v) is 2.62. The van der Waals surface area contributed by atoms with Gasteiger partial charge in [0.1, 0.15) is 17.5 Å². The third kappa shape index (κ3) is 2.52. The van der Waals surface area contributed by atoms with Gasteiger partial charge in [-0.05, 0) is 26.8 Å². The molecule has 0 aromatic carbocycles. The van der Waals surface area contributed by atoms with Crippen molar-refractivity contribution in [3.63, 3.8) is 0 Å². The minimum absolute atomic E-state index is 0.596. The molecule has 3 rings (SSSR count). The molecule has 2 aliphatic rings. The van der Waals surface area contributed by atoms with Gasteiger partial charge in [-0.2, -0.15) is 0 Å². The molecule has 1 saturated carbocycles. The molecule has 1 aliphatic carbocycles. The molecular weight excluding hydrogens is 238 g/mol. The summed E-state index contributed by atoms with van der Waals surface area (Å²) in [4.78, 5) is 14.3. The first-order valence-electron chi connectivity index (χ1n) is 7.19. The van der Waals surface area contributed by atoms with Crippen LogP contribution in [0.4, 0.5) is 11.6 Å². The lowest BCUT2D eigenvalue weighted by atomic mass is 10.2. The van der Waals surface area contributed by atoms with E-state index in [0.29, 0.717) is 5.92 Å². The van der Waals surface area contributed by atoms with Crippen molar-refractivity contribution in [2.45, 2.75) is 25.7 Å². The van der Waals surface area contributed by atoms with E-state index in [1.165, 1.54) is 18.4 Å². The first kappa shape index (κ1) is 12.7. The molecule has 0 unspecified atom stereocenters. The first-order valence-corrected chi connectivity index (χ1v) is 7.19. The summed E-state index contributed by atoms with van der Waals surface area (Å²) in [5, 5.41) is 3.22. The Morgan fingerprint density at radius 2 is 1.79 bits per heavy atom. The van der Waals surface area contributed by atoms with Gasteiger partial charge in [-0.25, -0.2) is 9.97 Å². The summed E-state index contributed by atoms with van der Waals surface area (Å²) in [5.74, 6) is 3.75. The van der Waals surface area contributed by atoms with Crippen LogP contribution in [0.3, 0.4) is 0 Å². The number of hydrogen-bond donors (Lipinski definition) is 1. The molecular formula is C14H23N5. The van der Waals surface area contributed by atoms with Crippen LogP contribution in [0.1, 0.15) is 30.1 Å². The van der Waals surface area contributed by atoms with Crippen molar-refractivity contribution in [2.75, 3.05) is 50.5 Å². The van der Waals surface area contributed by atoms with Crippen LogP contribution >= 0.6 is 0 Å². The van der Waals surface area contributed by atoms with E-state index in [2.05, 4.69) is 34.1 Å². The summed E-state index contributed by atoms with van der Waals surface area (Å²) in [6.45, 7) is 6.45. The van der Waals surface area contributed by atoms with E-state index in [4.69, 9.17) is 4.98 Å². The van der Waals surface area contributed by atoms with Crippen molar-refractivity contribution in [1.29, 1.82) is 0 Å². The summed E-state index contributed by atoms with van der Waals surface area (Å²) in [6.07, 6.45) is 2.49. The molecule has 0 amide bonds. The zero-order chi connectivity index (χ0) is 13.4. The highest BCUT2D eigenvalue weighted by Gasteiger charge is 2.29. The van der Waals surface area contributed by atoms with Crippen LogP contribution in [-0.2, 0) is 0 Å². The lowest BCUT2D eigenvalue weighted by Gasteiger charge is -2.34. The molecule has 19 heavy (non-hydrogen) atoms. The Morgan fingerprint density at radius 1 is 1.11 bits per heavy atom. The van der Waals surface area contributed by atoms with Gasteiger partial charge in [-0.1, -0.05) is 0 Å². The third-order valence-corrected chi connectivity index (χ3v) is 4.12. The molecule has 0 bridgehead atoms. The first-order chi connectivity index (χ1) is 9.19. The maximum absolute atomic E-state index is 4.85.